The molecule has 0 saturated heterocycles. The van der Waals surface area contributed by atoms with Crippen molar-refractivity contribution in [1.29, 1.82) is 0 Å². The van der Waals surface area contributed by atoms with Gasteiger partial charge in [0.05, 0.1) is 20.8 Å². The Balaban J connectivity index is 1.76. The van der Waals surface area contributed by atoms with Crippen molar-refractivity contribution in [1.82, 2.24) is 0 Å². The van der Waals surface area contributed by atoms with E-state index in [1.54, 1.807) is 18.2 Å². The van der Waals surface area contributed by atoms with Crippen molar-refractivity contribution in [2.24, 2.45) is 10.7 Å². The van der Waals surface area contributed by atoms with Crippen molar-refractivity contribution in [2.75, 3.05) is 26.3 Å². The first-order valence-corrected chi connectivity index (χ1v) is 8.16. The Kier molecular flexibility index (Phi) is 5.87. The minimum atomic E-state index is -2.98. The molecule has 1 aliphatic rings. The predicted molar refractivity (Wildman–Crippen MR) is 97.7 cm³/mol. The van der Waals surface area contributed by atoms with Crippen LogP contribution in [0.5, 0.6) is 28.7 Å². The van der Waals surface area contributed by atoms with Gasteiger partial charge in [0.1, 0.15) is 5.75 Å². The number of nitrogens with one attached hydrogen (secondary N) is 1. The number of aliphatic imine (C=N–C) groups is 1. The number of hydrogen-bond donors (Lipinski definition) is 2. The van der Waals surface area contributed by atoms with E-state index in [-0.39, 0.29) is 25.0 Å². The second kappa shape index (κ2) is 8.51. The fourth-order valence-electron chi connectivity index (χ4n) is 2.57. The van der Waals surface area contributed by atoms with Crippen LogP contribution in [0.1, 0.15) is 5.56 Å². The number of nitrogens with two attached hydrogens (primary N) is 1. The van der Waals surface area contributed by atoms with Crippen LogP contribution >= 0.6 is 0 Å². The average molecular weight is 395 g/mol. The van der Waals surface area contributed by atoms with Crippen LogP contribution in [-0.4, -0.2) is 33.6 Å². The summed E-state index contributed by atoms with van der Waals surface area (Å²) < 4.78 is 50.7. The molecule has 150 valence electrons. The maximum Gasteiger partial charge on any atom is 0.387 e. The van der Waals surface area contributed by atoms with Crippen molar-refractivity contribution in [3.63, 3.8) is 0 Å². The molecule has 0 bridgehead atoms. The van der Waals surface area contributed by atoms with Gasteiger partial charge in [-0.1, -0.05) is 0 Å². The first-order chi connectivity index (χ1) is 13.5. The number of hydrogen-bond acceptors (Lipinski definition) is 6. The van der Waals surface area contributed by atoms with Crippen LogP contribution in [0.2, 0.25) is 0 Å². The fraction of sp³-hybridized carbons (Fsp3) is 0.278. The summed E-state index contributed by atoms with van der Waals surface area (Å²) in [5, 5.41) is 2.90. The molecule has 0 atom stereocenters. The van der Waals surface area contributed by atoms with E-state index in [0.29, 0.717) is 34.2 Å². The number of halogens is 2. The Morgan fingerprint density at radius 2 is 1.82 bits per heavy atom. The number of nitrogens with zero attached hydrogens (tertiary/aromatic N) is 1. The zero-order valence-electron chi connectivity index (χ0n) is 15.2. The van der Waals surface area contributed by atoms with Gasteiger partial charge in [-0.15, -0.1) is 0 Å². The maximum absolute atomic E-state index is 12.7. The number of rotatable bonds is 7. The minimum Gasteiger partial charge on any atom is -0.493 e. The Labute approximate surface area is 159 Å². The molecule has 8 nitrogen and oxygen atoms in total. The Bertz CT molecular complexity index is 877. The molecular formula is C18H19F2N3O5. The summed E-state index contributed by atoms with van der Waals surface area (Å²) in [4.78, 5) is 4.17. The molecule has 0 aromatic heterocycles. The van der Waals surface area contributed by atoms with Gasteiger partial charge in [0.15, 0.2) is 29.0 Å². The van der Waals surface area contributed by atoms with Crippen molar-refractivity contribution in [2.45, 2.75) is 13.2 Å². The molecule has 10 heteroatoms. The van der Waals surface area contributed by atoms with Gasteiger partial charge in [0.25, 0.3) is 0 Å². The molecule has 0 amide bonds. The molecule has 0 saturated carbocycles. The van der Waals surface area contributed by atoms with Gasteiger partial charge in [-0.3, -0.25) is 0 Å². The van der Waals surface area contributed by atoms with Gasteiger partial charge in [-0.25, -0.2) is 4.99 Å². The molecule has 0 unspecified atom stereocenters. The van der Waals surface area contributed by atoms with Crippen LogP contribution in [0, 0.1) is 0 Å². The van der Waals surface area contributed by atoms with E-state index in [1.807, 2.05) is 0 Å². The van der Waals surface area contributed by atoms with Gasteiger partial charge >= 0.3 is 6.61 Å². The number of benzene rings is 2. The molecule has 0 spiro atoms. The highest BCUT2D eigenvalue weighted by molar-refractivity contribution is 5.92. The molecule has 3 rings (SSSR count). The number of fused-ring (bicyclic) bond motifs is 1. The standard InChI is InChI=1S/C18H19F2N3O5/c1-24-12-4-3-11(6-14(12)25-2)23-18(21)22-8-10-5-15-16(27-9-26-15)7-13(10)28-17(19)20/h3-7,17H,8-9H2,1-2H3,(H3,21,22,23). The van der Waals surface area contributed by atoms with Crippen molar-refractivity contribution in [3.8, 4) is 28.7 Å². The summed E-state index contributed by atoms with van der Waals surface area (Å²) in [6.07, 6.45) is 0. The van der Waals surface area contributed by atoms with E-state index in [4.69, 9.17) is 24.7 Å². The van der Waals surface area contributed by atoms with E-state index in [2.05, 4.69) is 15.0 Å². The largest absolute Gasteiger partial charge is 0.493 e. The monoisotopic (exact) mass is 395 g/mol. The van der Waals surface area contributed by atoms with Crippen molar-refractivity contribution >= 4 is 11.6 Å². The molecule has 0 aliphatic carbocycles. The van der Waals surface area contributed by atoms with Gasteiger partial charge in [-0.2, -0.15) is 8.78 Å². The summed E-state index contributed by atoms with van der Waals surface area (Å²) in [7, 11) is 3.05. The topological polar surface area (TPSA) is 96.6 Å². The quantitative estimate of drug-likeness (QED) is 0.550. The van der Waals surface area contributed by atoms with Crippen molar-refractivity contribution in [3.05, 3.63) is 35.9 Å². The summed E-state index contributed by atoms with van der Waals surface area (Å²) in [6.45, 7) is -2.98. The number of guanidine groups is 1. The van der Waals surface area contributed by atoms with Gasteiger partial charge < -0.3 is 34.7 Å². The van der Waals surface area contributed by atoms with E-state index in [9.17, 15) is 8.78 Å². The van der Waals surface area contributed by atoms with Crippen LogP contribution in [-0.2, 0) is 6.54 Å². The lowest BCUT2D eigenvalue weighted by Crippen LogP contribution is -2.22. The molecule has 0 radical (unpaired) electrons. The summed E-state index contributed by atoms with van der Waals surface area (Å²) in [6, 6.07) is 8.01. The first kappa shape index (κ1) is 19.3. The number of methoxy groups -OCH3 is 2. The molecular weight excluding hydrogens is 376 g/mol. The Morgan fingerprint density at radius 1 is 1.11 bits per heavy atom. The minimum absolute atomic E-state index is 0.00911. The molecule has 0 fully saturated rings. The molecule has 3 N–H and O–H groups in total. The van der Waals surface area contributed by atoms with Crippen LogP contribution < -0.4 is 34.7 Å². The Morgan fingerprint density at radius 3 is 2.50 bits per heavy atom. The smallest absolute Gasteiger partial charge is 0.387 e. The van der Waals surface area contributed by atoms with Crippen LogP contribution in [0.3, 0.4) is 0 Å². The first-order valence-electron chi connectivity index (χ1n) is 8.16. The number of ether oxygens (including phenoxy) is 5. The molecule has 1 heterocycles. The van der Waals surface area contributed by atoms with E-state index >= 15 is 0 Å². The fourth-order valence-corrected chi connectivity index (χ4v) is 2.57. The summed E-state index contributed by atoms with van der Waals surface area (Å²) in [5.74, 6) is 1.87. The SMILES string of the molecule is COc1ccc(NC(N)=NCc2cc3c(cc2OC(F)F)OCO3)cc1OC. The highest BCUT2D eigenvalue weighted by atomic mass is 19.3. The Hall–Kier alpha value is -3.43. The highest BCUT2D eigenvalue weighted by Gasteiger charge is 2.20. The lowest BCUT2D eigenvalue weighted by molar-refractivity contribution is -0.0505. The molecule has 2 aromatic rings. The highest BCUT2D eigenvalue weighted by Crippen LogP contribution is 2.39. The molecule has 28 heavy (non-hydrogen) atoms. The van der Waals surface area contributed by atoms with Crippen LogP contribution in [0.25, 0.3) is 0 Å². The van der Waals surface area contributed by atoms with Crippen LogP contribution in [0.15, 0.2) is 35.3 Å². The number of alkyl halides is 2. The van der Waals surface area contributed by atoms with Gasteiger partial charge in [0, 0.05) is 23.4 Å². The zero-order valence-corrected chi connectivity index (χ0v) is 15.2. The van der Waals surface area contributed by atoms with E-state index in [1.165, 1.54) is 26.4 Å². The maximum atomic E-state index is 12.7. The predicted octanol–water partition coefficient (Wildman–Crippen LogP) is 2.96. The third-order valence-electron chi connectivity index (χ3n) is 3.85. The lowest BCUT2D eigenvalue weighted by atomic mass is 10.1. The summed E-state index contributed by atoms with van der Waals surface area (Å²) >= 11 is 0. The zero-order chi connectivity index (χ0) is 20.1. The van der Waals surface area contributed by atoms with Crippen LogP contribution in [0.4, 0.5) is 14.5 Å². The molecule has 2 aromatic carbocycles. The third kappa shape index (κ3) is 4.45. The van der Waals surface area contributed by atoms with Crippen molar-refractivity contribution < 1.29 is 32.5 Å². The van der Waals surface area contributed by atoms with E-state index in [0.717, 1.165) is 0 Å². The summed E-state index contributed by atoms with van der Waals surface area (Å²) in [5.41, 5.74) is 6.90. The van der Waals surface area contributed by atoms with Gasteiger partial charge in [0.2, 0.25) is 6.79 Å². The molecule has 1 aliphatic heterocycles. The lowest BCUT2D eigenvalue weighted by Gasteiger charge is -2.12. The average Bonchev–Trinajstić information content (AvgIpc) is 3.12. The normalized spacial score (nSPS) is 12.8. The second-order valence-electron chi connectivity index (χ2n) is 5.59. The van der Waals surface area contributed by atoms with E-state index < -0.39 is 6.61 Å². The third-order valence-corrected chi connectivity index (χ3v) is 3.85. The van der Waals surface area contributed by atoms with Gasteiger partial charge in [-0.05, 0) is 18.2 Å². The number of anilines is 1. The second-order valence-corrected chi connectivity index (χ2v) is 5.59.